The van der Waals surface area contributed by atoms with Crippen molar-refractivity contribution in [1.29, 1.82) is 0 Å². The summed E-state index contributed by atoms with van der Waals surface area (Å²) >= 11 is 0. The predicted octanol–water partition coefficient (Wildman–Crippen LogP) is 8.42. The molecular formula is C30H29F5O3. The summed E-state index contributed by atoms with van der Waals surface area (Å²) in [6.07, 6.45) is 2.93. The number of hydrogen-bond acceptors (Lipinski definition) is 3. The lowest BCUT2D eigenvalue weighted by Gasteiger charge is -2.29. The number of carbonyl (C=O) groups is 1. The van der Waals surface area contributed by atoms with Crippen LogP contribution in [0.3, 0.4) is 0 Å². The second-order valence-corrected chi connectivity index (χ2v) is 9.61. The number of benzene rings is 3. The van der Waals surface area contributed by atoms with E-state index in [2.05, 4.69) is 0 Å². The Morgan fingerprint density at radius 3 is 2.29 bits per heavy atom. The summed E-state index contributed by atoms with van der Waals surface area (Å²) < 4.78 is 82.8. The van der Waals surface area contributed by atoms with Gasteiger partial charge in [0.2, 0.25) is 5.82 Å². The van der Waals surface area contributed by atoms with Crippen molar-refractivity contribution in [2.45, 2.75) is 64.4 Å². The highest BCUT2D eigenvalue weighted by Crippen LogP contribution is 2.38. The fourth-order valence-electron chi connectivity index (χ4n) is 4.73. The van der Waals surface area contributed by atoms with Gasteiger partial charge in [-0.3, -0.25) is 0 Å². The Labute approximate surface area is 218 Å². The lowest BCUT2D eigenvalue weighted by molar-refractivity contribution is 0.0188. The van der Waals surface area contributed by atoms with Crippen LogP contribution in [0, 0.1) is 36.0 Å². The normalized spacial score (nSPS) is 17.3. The van der Waals surface area contributed by atoms with Crippen LogP contribution in [0.25, 0.3) is 11.1 Å². The zero-order valence-electron chi connectivity index (χ0n) is 21.3. The minimum atomic E-state index is -1.24. The molecule has 0 radical (unpaired) electrons. The van der Waals surface area contributed by atoms with Crippen molar-refractivity contribution in [2.75, 3.05) is 6.61 Å². The molecule has 8 heteroatoms. The molecule has 0 unspecified atom stereocenters. The van der Waals surface area contributed by atoms with E-state index in [4.69, 9.17) is 9.47 Å². The Balaban J connectivity index is 1.40. The van der Waals surface area contributed by atoms with Crippen molar-refractivity contribution in [2.24, 2.45) is 0 Å². The number of rotatable bonds is 8. The summed E-state index contributed by atoms with van der Waals surface area (Å²) in [6, 6.07) is 9.52. The highest BCUT2D eigenvalue weighted by atomic mass is 19.2. The van der Waals surface area contributed by atoms with Crippen LogP contribution < -0.4 is 4.74 Å². The lowest BCUT2D eigenvalue weighted by atomic mass is 9.82. The summed E-state index contributed by atoms with van der Waals surface area (Å²) in [7, 11) is 0. The molecule has 0 atom stereocenters. The number of esters is 1. The first kappa shape index (κ1) is 27.6. The second-order valence-electron chi connectivity index (χ2n) is 9.61. The Morgan fingerprint density at radius 1 is 0.868 bits per heavy atom. The van der Waals surface area contributed by atoms with E-state index in [9.17, 15) is 22.4 Å². The molecule has 202 valence electrons. The molecule has 1 saturated carbocycles. The van der Waals surface area contributed by atoms with Gasteiger partial charge in [0.25, 0.3) is 0 Å². The zero-order chi connectivity index (χ0) is 27.4. The number of aryl methyl sites for hydroxylation is 1. The van der Waals surface area contributed by atoms with Crippen molar-refractivity contribution in [3.05, 3.63) is 88.2 Å². The maximum absolute atomic E-state index is 15.1. The molecule has 1 fully saturated rings. The van der Waals surface area contributed by atoms with E-state index < -0.39 is 46.7 Å². The summed E-state index contributed by atoms with van der Waals surface area (Å²) in [6.45, 7) is 3.63. The van der Waals surface area contributed by atoms with Crippen LogP contribution in [0.2, 0.25) is 0 Å². The molecule has 3 aromatic carbocycles. The third kappa shape index (κ3) is 5.84. The van der Waals surface area contributed by atoms with Gasteiger partial charge in [-0.2, -0.15) is 4.39 Å². The fraction of sp³-hybridized carbons (Fsp3) is 0.367. The monoisotopic (exact) mass is 532 g/mol. The molecule has 1 aliphatic rings. The van der Waals surface area contributed by atoms with Crippen LogP contribution in [0.5, 0.6) is 5.75 Å². The molecule has 0 bridgehead atoms. The van der Waals surface area contributed by atoms with Gasteiger partial charge < -0.3 is 9.47 Å². The smallest absolute Gasteiger partial charge is 0.341 e. The van der Waals surface area contributed by atoms with Crippen LogP contribution in [-0.2, 0) is 4.74 Å². The molecular weight excluding hydrogens is 503 g/mol. The van der Waals surface area contributed by atoms with Crippen molar-refractivity contribution in [1.82, 2.24) is 0 Å². The topological polar surface area (TPSA) is 35.5 Å². The molecule has 1 aliphatic carbocycles. The quantitative estimate of drug-likeness (QED) is 0.166. The molecule has 38 heavy (non-hydrogen) atoms. The van der Waals surface area contributed by atoms with Gasteiger partial charge in [0.05, 0.1) is 12.2 Å². The average molecular weight is 533 g/mol. The molecule has 3 nitrogen and oxygen atoms in total. The van der Waals surface area contributed by atoms with Gasteiger partial charge in [0.15, 0.2) is 23.2 Å². The first-order valence-corrected chi connectivity index (χ1v) is 12.8. The van der Waals surface area contributed by atoms with Gasteiger partial charge in [-0.15, -0.1) is 0 Å². The minimum absolute atomic E-state index is 0.0637. The third-order valence-corrected chi connectivity index (χ3v) is 7.00. The Kier molecular flexibility index (Phi) is 8.69. The van der Waals surface area contributed by atoms with Crippen LogP contribution in [0.1, 0.15) is 72.9 Å². The van der Waals surface area contributed by atoms with Gasteiger partial charge in [-0.1, -0.05) is 31.5 Å². The van der Waals surface area contributed by atoms with E-state index in [0.717, 1.165) is 6.42 Å². The molecule has 0 aromatic heterocycles. The highest BCUT2D eigenvalue weighted by Gasteiger charge is 2.28. The molecule has 0 heterocycles. The predicted molar refractivity (Wildman–Crippen MR) is 134 cm³/mol. The van der Waals surface area contributed by atoms with E-state index in [-0.39, 0.29) is 35.0 Å². The molecule has 0 N–H and O–H groups in total. The minimum Gasteiger partial charge on any atom is -0.490 e. The maximum atomic E-state index is 15.1. The van der Waals surface area contributed by atoms with Crippen LogP contribution in [0.15, 0.2) is 42.5 Å². The number of ether oxygens (including phenoxy) is 2. The van der Waals surface area contributed by atoms with E-state index in [1.165, 1.54) is 37.3 Å². The number of hydrogen-bond donors (Lipinski definition) is 0. The number of unbranched alkanes of at least 4 members (excludes halogenated alkanes) is 1. The van der Waals surface area contributed by atoms with Crippen molar-refractivity contribution in [3.8, 4) is 16.9 Å². The summed E-state index contributed by atoms with van der Waals surface area (Å²) in [5, 5.41) is 0. The Bertz CT molecular complexity index is 1320. The van der Waals surface area contributed by atoms with Crippen LogP contribution in [0.4, 0.5) is 22.0 Å². The molecule has 0 aliphatic heterocycles. The standard InChI is InChI=1S/C30H29F5O3/c1-3-4-15-37-25-14-13-22(27(33)29(25)35)19-8-12-21(24(31)16-19)18-6-9-20(10-7-18)38-30(36)23-11-5-17(2)26(32)28(23)34/h5,8,11-14,16,18,20H,3-4,6-7,9-10,15H2,1-2H3. The van der Waals surface area contributed by atoms with Crippen molar-refractivity contribution >= 4 is 5.97 Å². The summed E-state index contributed by atoms with van der Waals surface area (Å²) in [4.78, 5) is 12.4. The lowest BCUT2D eigenvalue weighted by Crippen LogP contribution is -2.25. The SMILES string of the molecule is CCCCOc1ccc(-c2ccc(C3CCC(OC(=O)c4ccc(C)c(F)c4F)CC3)c(F)c2)c(F)c1F. The van der Waals surface area contributed by atoms with Crippen molar-refractivity contribution < 1.29 is 36.2 Å². The van der Waals surface area contributed by atoms with Gasteiger partial charge in [-0.25, -0.2) is 22.4 Å². The molecule has 0 spiro atoms. The average Bonchev–Trinajstić information content (AvgIpc) is 2.90. The first-order valence-electron chi connectivity index (χ1n) is 12.8. The van der Waals surface area contributed by atoms with Gasteiger partial charge in [-0.05, 0) is 85.9 Å². The van der Waals surface area contributed by atoms with E-state index in [1.807, 2.05) is 6.92 Å². The van der Waals surface area contributed by atoms with Gasteiger partial charge >= 0.3 is 5.97 Å². The van der Waals surface area contributed by atoms with Crippen LogP contribution in [-0.4, -0.2) is 18.7 Å². The van der Waals surface area contributed by atoms with Gasteiger partial charge in [0.1, 0.15) is 11.9 Å². The Morgan fingerprint density at radius 2 is 1.61 bits per heavy atom. The van der Waals surface area contributed by atoms with Crippen LogP contribution >= 0.6 is 0 Å². The maximum Gasteiger partial charge on any atom is 0.341 e. The first-order chi connectivity index (χ1) is 18.2. The molecule has 4 rings (SSSR count). The largest absolute Gasteiger partial charge is 0.490 e. The number of halogens is 5. The summed E-state index contributed by atoms with van der Waals surface area (Å²) in [5.41, 5.74) is 0.212. The van der Waals surface area contributed by atoms with E-state index in [1.54, 1.807) is 12.1 Å². The fourth-order valence-corrected chi connectivity index (χ4v) is 4.73. The van der Waals surface area contributed by atoms with E-state index >= 15 is 4.39 Å². The molecule has 0 amide bonds. The Hall–Kier alpha value is -3.42. The summed E-state index contributed by atoms with van der Waals surface area (Å²) in [5.74, 6) is -6.34. The molecule has 3 aromatic rings. The van der Waals surface area contributed by atoms with E-state index in [0.29, 0.717) is 37.7 Å². The molecule has 0 saturated heterocycles. The number of carbonyl (C=O) groups excluding carboxylic acids is 1. The zero-order valence-corrected chi connectivity index (χ0v) is 21.3. The van der Waals surface area contributed by atoms with Crippen molar-refractivity contribution in [3.63, 3.8) is 0 Å². The van der Waals surface area contributed by atoms with Gasteiger partial charge in [0, 0.05) is 5.56 Å². The third-order valence-electron chi connectivity index (χ3n) is 7.00. The second kappa shape index (κ2) is 12.0. The highest BCUT2D eigenvalue weighted by molar-refractivity contribution is 5.90.